The fraction of sp³-hybridized carbons (Fsp3) is 0.526. The molecular weight excluding hydrogens is 350 g/mol. The van der Waals surface area contributed by atoms with Crippen LogP contribution in [0.2, 0.25) is 0 Å². The van der Waals surface area contributed by atoms with Crippen LogP contribution in [0.5, 0.6) is 5.75 Å². The molecule has 0 spiro atoms. The smallest absolute Gasteiger partial charge is 0.427 e. The van der Waals surface area contributed by atoms with Gasteiger partial charge in [-0.05, 0) is 65.7 Å². The standard InChI is InChI=1S/C19H29N3O5/c1-18(2,3)26-16(24)22(17(25)27-19(4,5)6)15(20)21-12-11-13-7-9-14(23)10-8-13/h7-10,23H,11-12H2,1-6H3,(H2,20,21). The number of rotatable bonds is 3. The van der Waals surface area contributed by atoms with Gasteiger partial charge in [0.1, 0.15) is 17.0 Å². The number of carbonyl (C=O) groups excluding carboxylic acids is 2. The SMILES string of the molecule is CC(C)(C)OC(=O)N(C(=O)OC(C)(C)C)C(N)=NCCc1ccc(O)cc1. The molecule has 3 N–H and O–H groups in total. The van der Waals surface area contributed by atoms with Gasteiger partial charge in [0.25, 0.3) is 0 Å². The number of nitrogens with zero attached hydrogens (tertiary/aromatic N) is 2. The summed E-state index contributed by atoms with van der Waals surface area (Å²) in [4.78, 5) is 29.5. The minimum atomic E-state index is -0.956. The summed E-state index contributed by atoms with van der Waals surface area (Å²) in [5.41, 5.74) is 5.17. The summed E-state index contributed by atoms with van der Waals surface area (Å²) >= 11 is 0. The van der Waals surface area contributed by atoms with Crippen LogP contribution in [-0.4, -0.2) is 45.9 Å². The van der Waals surface area contributed by atoms with E-state index in [0.717, 1.165) is 5.56 Å². The van der Waals surface area contributed by atoms with Crippen molar-refractivity contribution in [3.05, 3.63) is 29.8 Å². The van der Waals surface area contributed by atoms with Crippen LogP contribution >= 0.6 is 0 Å². The number of phenols is 1. The maximum atomic E-state index is 12.4. The molecule has 0 atom stereocenters. The van der Waals surface area contributed by atoms with Gasteiger partial charge in [-0.3, -0.25) is 4.99 Å². The van der Waals surface area contributed by atoms with Gasteiger partial charge in [0.15, 0.2) is 0 Å². The molecular formula is C19H29N3O5. The van der Waals surface area contributed by atoms with E-state index in [0.29, 0.717) is 11.3 Å². The summed E-state index contributed by atoms with van der Waals surface area (Å²) in [5.74, 6) is -0.139. The Balaban J connectivity index is 2.92. The Bertz CT molecular complexity index is 657. The molecule has 2 amide bonds. The Kier molecular flexibility index (Phi) is 7.21. The molecule has 0 aliphatic rings. The lowest BCUT2D eigenvalue weighted by Gasteiger charge is -2.27. The van der Waals surface area contributed by atoms with Gasteiger partial charge in [-0.2, -0.15) is 0 Å². The number of phenolic OH excluding ortho intramolecular Hbond substituents is 1. The van der Waals surface area contributed by atoms with Crippen LogP contribution in [0.4, 0.5) is 9.59 Å². The second-order valence-corrected chi connectivity index (χ2v) is 7.95. The maximum Gasteiger partial charge on any atom is 0.427 e. The maximum absolute atomic E-state index is 12.4. The summed E-state index contributed by atoms with van der Waals surface area (Å²) in [6.07, 6.45) is -1.40. The van der Waals surface area contributed by atoms with Crippen molar-refractivity contribution in [3.63, 3.8) is 0 Å². The van der Waals surface area contributed by atoms with E-state index in [1.807, 2.05) is 0 Å². The Morgan fingerprint density at radius 2 is 1.44 bits per heavy atom. The van der Waals surface area contributed by atoms with Crippen LogP contribution in [0.25, 0.3) is 0 Å². The number of hydrogen-bond acceptors (Lipinski definition) is 6. The second-order valence-electron chi connectivity index (χ2n) is 7.95. The monoisotopic (exact) mass is 379 g/mol. The molecule has 0 heterocycles. The topological polar surface area (TPSA) is 114 Å². The van der Waals surface area contributed by atoms with Gasteiger partial charge >= 0.3 is 12.2 Å². The normalized spacial score (nSPS) is 12.4. The average Bonchev–Trinajstić information content (AvgIpc) is 2.45. The van der Waals surface area contributed by atoms with Crippen molar-refractivity contribution < 1.29 is 24.2 Å². The lowest BCUT2D eigenvalue weighted by atomic mass is 10.1. The van der Waals surface area contributed by atoms with Gasteiger partial charge in [-0.25, -0.2) is 9.59 Å². The van der Waals surface area contributed by atoms with Crippen molar-refractivity contribution in [2.45, 2.75) is 59.2 Å². The van der Waals surface area contributed by atoms with Crippen molar-refractivity contribution >= 4 is 18.1 Å². The predicted molar refractivity (Wildman–Crippen MR) is 103 cm³/mol. The van der Waals surface area contributed by atoms with Crippen LogP contribution in [0.3, 0.4) is 0 Å². The number of benzene rings is 1. The van der Waals surface area contributed by atoms with Crippen molar-refractivity contribution in [1.82, 2.24) is 4.90 Å². The molecule has 8 nitrogen and oxygen atoms in total. The van der Waals surface area contributed by atoms with E-state index >= 15 is 0 Å². The molecule has 0 aromatic heterocycles. The minimum Gasteiger partial charge on any atom is -0.508 e. The van der Waals surface area contributed by atoms with Crippen LogP contribution in [0, 0.1) is 0 Å². The first-order chi connectivity index (χ1) is 12.3. The molecule has 8 heteroatoms. The number of nitrogens with two attached hydrogens (primary N) is 1. The molecule has 0 bridgehead atoms. The van der Waals surface area contributed by atoms with Crippen LogP contribution in [0.15, 0.2) is 29.3 Å². The molecule has 1 aromatic carbocycles. The predicted octanol–water partition coefficient (Wildman–Crippen LogP) is 3.42. The lowest BCUT2D eigenvalue weighted by molar-refractivity contribution is 0.0145. The number of hydrogen-bond donors (Lipinski definition) is 2. The Hall–Kier alpha value is -2.77. The van der Waals surface area contributed by atoms with Crippen molar-refractivity contribution in [1.29, 1.82) is 0 Å². The highest BCUT2D eigenvalue weighted by Crippen LogP contribution is 2.15. The zero-order chi connectivity index (χ0) is 20.8. The number of aromatic hydroxyl groups is 1. The first-order valence-corrected chi connectivity index (χ1v) is 8.62. The molecule has 150 valence electrons. The van der Waals surface area contributed by atoms with Crippen molar-refractivity contribution in [3.8, 4) is 5.75 Å². The molecule has 0 aliphatic carbocycles. The fourth-order valence-electron chi connectivity index (χ4n) is 1.91. The Morgan fingerprint density at radius 1 is 1.00 bits per heavy atom. The zero-order valence-electron chi connectivity index (χ0n) is 16.8. The molecule has 0 saturated heterocycles. The minimum absolute atomic E-state index is 0.169. The van der Waals surface area contributed by atoms with Gasteiger partial charge in [0, 0.05) is 6.54 Å². The van der Waals surface area contributed by atoms with Gasteiger partial charge in [0.2, 0.25) is 5.96 Å². The first-order valence-electron chi connectivity index (χ1n) is 8.62. The molecule has 27 heavy (non-hydrogen) atoms. The molecule has 0 aliphatic heterocycles. The lowest BCUT2D eigenvalue weighted by Crippen LogP contribution is -2.50. The molecule has 0 unspecified atom stereocenters. The number of carbonyl (C=O) groups is 2. The Morgan fingerprint density at radius 3 is 1.85 bits per heavy atom. The third kappa shape index (κ3) is 8.44. The van der Waals surface area contributed by atoms with E-state index in [1.54, 1.807) is 65.8 Å². The summed E-state index contributed by atoms with van der Waals surface area (Å²) in [5, 5.41) is 9.29. The molecule has 0 radical (unpaired) electrons. The van der Waals surface area contributed by atoms with Crippen molar-refractivity contribution in [2.75, 3.05) is 6.54 Å². The fourth-order valence-corrected chi connectivity index (χ4v) is 1.91. The van der Waals surface area contributed by atoms with Gasteiger partial charge < -0.3 is 20.3 Å². The van der Waals surface area contributed by atoms with Gasteiger partial charge in [-0.15, -0.1) is 4.90 Å². The summed E-state index contributed by atoms with van der Waals surface area (Å²) in [6.45, 7) is 10.3. The average molecular weight is 379 g/mol. The number of guanidine groups is 1. The van der Waals surface area contributed by atoms with Crippen LogP contribution < -0.4 is 5.73 Å². The summed E-state index contributed by atoms with van der Waals surface area (Å²) < 4.78 is 10.5. The summed E-state index contributed by atoms with van der Waals surface area (Å²) in [6, 6.07) is 6.63. The highest BCUT2D eigenvalue weighted by atomic mass is 16.6. The van der Waals surface area contributed by atoms with E-state index in [4.69, 9.17) is 15.2 Å². The van der Waals surface area contributed by atoms with E-state index in [1.165, 1.54) is 0 Å². The number of ether oxygens (including phenoxy) is 2. The summed E-state index contributed by atoms with van der Waals surface area (Å²) in [7, 11) is 0. The number of aliphatic imine (C=N–C) groups is 1. The van der Waals surface area contributed by atoms with E-state index < -0.39 is 23.4 Å². The third-order valence-corrected chi connectivity index (χ3v) is 2.99. The molecule has 1 aromatic rings. The number of imide groups is 1. The quantitative estimate of drug-likeness (QED) is 0.614. The van der Waals surface area contributed by atoms with E-state index in [-0.39, 0.29) is 18.3 Å². The van der Waals surface area contributed by atoms with E-state index in [9.17, 15) is 14.7 Å². The number of amides is 2. The highest BCUT2D eigenvalue weighted by Gasteiger charge is 2.33. The van der Waals surface area contributed by atoms with Crippen LogP contribution in [0.1, 0.15) is 47.1 Å². The largest absolute Gasteiger partial charge is 0.508 e. The third-order valence-electron chi connectivity index (χ3n) is 2.99. The molecule has 1 rings (SSSR count). The molecule has 0 saturated carbocycles. The van der Waals surface area contributed by atoms with Gasteiger partial charge in [0.05, 0.1) is 0 Å². The van der Waals surface area contributed by atoms with Crippen LogP contribution in [-0.2, 0) is 15.9 Å². The second kappa shape index (κ2) is 8.75. The van der Waals surface area contributed by atoms with E-state index in [2.05, 4.69) is 4.99 Å². The Labute approximate surface area is 160 Å². The molecule has 0 fully saturated rings. The zero-order valence-corrected chi connectivity index (χ0v) is 16.8. The van der Waals surface area contributed by atoms with Crippen molar-refractivity contribution in [2.24, 2.45) is 10.7 Å². The first kappa shape index (κ1) is 22.3. The van der Waals surface area contributed by atoms with Gasteiger partial charge in [-0.1, -0.05) is 12.1 Å². The highest BCUT2D eigenvalue weighted by molar-refractivity contribution is 6.07.